The van der Waals surface area contributed by atoms with Crippen LogP contribution in [0.3, 0.4) is 0 Å². The average Bonchev–Trinajstić information content (AvgIpc) is 2.37. The van der Waals surface area contributed by atoms with Crippen molar-refractivity contribution in [1.29, 1.82) is 0 Å². The summed E-state index contributed by atoms with van der Waals surface area (Å²) in [5, 5.41) is 9.90. The highest BCUT2D eigenvalue weighted by molar-refractivity contribution is 6.30. The molecule has 2 aliphatic heterocycles. The molecule has 106 valence electrons. The van der Waals surface area contributed by atoms with E-state index in [-0.39, 0.29) is 0 Å². The van der Waals surface area contributed by atoms with Crippen molar-refractivity contribution < 1.29 is 19.4 Å². The Hall–Kier alpha value is -1.75. The number of fused-ring (bicyclic) bond motifs is 4. The number of rotatable bonds is 1. The number of carbonyl (C=O) groups excluding carboxylic acids is 1. The van der Waals surface area contributed by atoms with Gasteiger partial charge in [-0.3, -0.25) is 9.59 Å². The van der Waals surface area contributed by atoms with E-state index in [4.69, 9.17) is 16.3 Å². The maximum absolute atomic E-state index is 12.3. The molecular formula is C14H14ClNO4. The molecule has 20 heavy (non-hydrogen) atoms. The zero-order valence-electron chi connectivity index (χ0n) is 11.1. The van der Waals surface area contributed by atoms with Gasteiger partial charge in [0.05, 0.1) is 0 Å². The Labute approximate surface area is 121 Å². The highest BCUT2D eigenvalue weighted by Crippen LogP contribution is 2.50. The fourth-order valence-electron chi connectivity index (χ4n) is 3.09. The number of halogens is 1. The quantitative estimate of drug-likeness (QED) is 0.806. The van der Waals surface area contributed by atoms with Crippen molar-refractivity contribution in [2.24, 2.45) is 5.92 Å². The third-order valence-electron chi connectivity index (χ3n) is 4.27. The summed E-state index contributed by atoms with van der Waals surface area (Å²) in [6, 6.07) is 5.11. The first-order chi connectivity index (χ1) is 9.33. The summed E-state index contributed by atoms with van der Waals surface area (Å²) in [5.74, 6) is -2.44. The van der Waals surface area contributed by atoms with E-state index in [1.807, 2.05) is 0 Å². The maximum Gasteiger partial charge on any atom is 0.316 e. The van der Waals surface area contributed by atoms with Gasteiger partial charge in [-0.2, -0.15) is 0 Å². The van der Waals surface area contributed by atoms with Crippen LogP contribution in [0.1, 0.15) is 24.8 Å². The number of amides is 1. The van der Waals surface area contributed by atoms with Gasteiger partial charge in [-0.05, 0) is 25.1 Å². The average molecular weight is 296 g/mol. The summed E-state index contributed by atoms with van der Waals surface area (Å²) in [7, 11) is 1.58. The minimum atomic E-state index is -1.11. The number of nitrogens with zero attached hydrogens (tertiary/aromatic N) is 1. The van der Waals surface area contributed by atoms with Crippen LogP contribution in [0.5, 0.6) is 5.75 Å². The van der Waals surface area contributed by atoms with Gasteiger partial charge >= 0.3 is 5.97 Å². The molecule has 1 amide bonds. The summed E-state index contributed by atoms with van der Waals surface area (Å²) in [6.07, 6.45) is 0.444. The van der Waals surface area contributed by atoms with E-state index in [0.717, 1.165) is 0 Å². The van der Waals surface area contributed by atoms with Crippen molar-refractivity contribution in [2.45, 2.75) is 25.0 Å². The lowest BCUT2D eigenvalue weighted by molar-refractivity contribution is -0.176. The van der Waals surface area contributed by atoms with Crippen molar-refractivity contribution in [3.63, 3.8) is 0 Å². The molecule has 0 aromatic heterocycles. The van der Waals surface area contributed by atoms with Crippen molar-refractivity contribution in [3.05, 3.63) is 28.8 Å². The molecule has 0 saturated carbocycles. The molecule has 5 nitrogen and oxygen atoms in total. The molecule has 3 atom stereocenters. The predicted molar refractivity (Wildman–Crippen MR) is 71.7 cm³/mol. The number of ether oxygens (including phenoxy) is 1. The lowest BCUT2D eigenvalue weighted by Crippen LogP contribution is -2.62. The third-order valence-corrected chi connectivity index (χ3v) is 4.51. The molecule has 1 N–H and O–H groups in total. The monoisotopic (exact) mass is 295 g/mol. The lowest BCUT2D eigenvalue weighted by Gasteiger charge is -2.51. The van der Waals surface area contributed by atoms with Crippen LogP contribution in [0.2, 0.25) is 5.02 Å². The van der Waals surface area contributed by atoms with Crippen molar-refractivity contribution >= 4 is 23.5 Å². The first-order valence-corrected chi connectivity index (χ1v) is 6.70. The Balaban J connectivity index is 2.19. The minimum Gasteiger partial charge on any atom is -0.481 e. The summed E-state index contributed by atoms with van der Waals surface area (Å²) < 4.78 is 5.91. The van der Waals surface area contributed by atoms with E-state index in [1.165, 1.54) is 4.90 Å². The second kappa shape index (κ2) is 4.12. The van der Waals surface area contributed by atoms with Crippen LogP contribution in [-0.4, -0.2) is 34.7 Å². The Morgan fingerprint density at radius 3 is 2.90 bits per heavy atom. The molecule has 1 aromatic carbocycles. The molecule has 3 rings (SSSR count). The zero-order valence-corrected chi connectivity index (χ0v) is 11.8. The summed E-state index contributed by atoms with van der Waals surface area (Å²) in [5.41, 5.74) is -0.113. The van der Waals surface area contributed by atoms with Gasteiger partial charge in [0.25, 0.3) is 0 Å². The summed E-state index contributed by atoms with van der Waals surface area (Å²) in [6.45, 7) is 1.80. The highest BCUT2D eigenvalue weighted by atomic mass is 35.5. The van der Waals surface area contributed by atoms with Crippen LogP contribution < -0.4 is 4.74 Å². The minimum absolute atomic E-state index is 0.413. The molecule has 0 radical (unpaired) electrons. The molecule has 6 heteroatoms. The molecule has 2 aliphatic rings. The zero-order chi connectivity index (χ0) is 14.7. The summed E-state index contributed by atoms with van der Waals surface area (Å²) in [4.78, 5) is 25.2. The number of hydrogen-bond donors (Lipinski definition) is 1. The van der Waals surface area contributed by atoms with Crippen LogP contribution in [0.15, 0.2) is 18.2 Å². The number of likely N-dealkylation sites (tertiary alicyclic amines) is 1. The van der Waals surface area contributed by atoms with Gasteiger partial charge in [-0.25, -0.2) is 0 Å². The predicted octanol–water partition coefficient (Wildman–Crippen LogP) is 2.10. The van der Waals surface area contributed by atoms with Gasteiger partial charge in [-0.15, -0.1) is 0 Å². The van der Waals surface area contributed by atoms with Crippen molar-refractivity contribution in [1.82, 2.24) is 4.90 Å². The molecule has 1 saturated heterocycles. The lowest BCUT2D eigenvalue weighted by atomic mass is 9.74. The van der Waals surface area contributed by atoms with Crippen LogP contribution >= 0.6 is 11.6 Å². The van der Waals surface area contributed by atoms with Gasteiger partial charge in [0.15, 0.2) is 5.72 Å². The van der Waals surface area contributed by atoms with Gasteiger partial charge in [0.2, 0.25) is 5.91 Å². The fraction of sp³-hybridized carbons (Fsp3) is 0.429. The summed E-state index contributed by atoms with van der Waals surface area (Å²) >= 11 is 5.98. The van der Waals surface area contributed by atoms with E-state index in [0.29, 0.717) is 22.8 Å². The molecule has 2 heterocycles. The molecule has 1 fully saturated rings. The van der Waals surface area contributed by atoms with E-state index < -0.39 is 29.4 Å². The number of benzene rings is 1. The molecule has 2 bridgehead atoms. The topological polar surface area (TPSA) is 66.8 Å². The Kier molecular flexibility index (Phi) is 2.73. The molecular weight excluding hydrogens is 282 g/mol. The number of piperidine rings is 1. The normalized spacial score (nSPS) is 31.6. The van der Waals surface area contributed by atoms with Crippen LogP contribution in [0.25, 0.3) is 0 Å². The first-order valence-electron chi connectivity index (χ1n) is 6.32. The molecule has 0 spiro atoms. The largest absolute Gasteiger partial charge is 0.481 e. The van der Waals surface area contributed by atoms with Gasteiger partial charge in [0.1, 0.15) is 11.7 Å². The number of hydrogen-bond acceptors (Lipinski definition) is 3. The Morgan fingerprint density at radius 1 is 1.55 bits per heavy atom. The Morgan fingerprint density at radius 2 is 2.25 bits per heavy atom. The maximum atomic E-state index is 12.3. The van der Waals surface area contributed by atoms with Crippen LogP contribution in [0, 0.1) is 5.92 Å². The fourth-order valence-corrected chi connectivity index (χ4v) is 3.27. The number of carboxylic acid groups (broad SMARTS) is 1. The number of carboxylic acids is 1. The van der Waals surface area contributed by atoms with Crippen LogP contribution in [-0.2, 0) is 9.59 Å². The van der Waals surface area contributed by atoms with Crippen LogP contribution in [0.4, 0.5) is 0 Å². The third kappa shape index (κ3) is 1.69. The molecule has 0 unspecified atom stereocenters. The second-order valence-electron chi connectivity index (χ2n) is 5.48. The van der Waals surface area contributed by atoms with Crippen molar-refractivity contribution in [3.8, 4) is 5.75 Å². The van der Waals surface area contributed by atoms with E-state index in [9.17, 15) is 14.7 Å². The molecule has 0 aliphatic carbocycles. The standard InChI is InChI=1S/C14H14ClNO4/c1-14-6-9(11(13(18)19)12(17)16(14)2)8-5-7(15)3-4-10(8)20-14/h3-5,9,11H,6H2,1-2H3,(H,18,19)/t9-,11-,14+/m0/s1. The van der Waals surface area contributed by atoms with E-state index in [2.05, 4.69) is 0 Å². The Bertz CT molecular complexity index is 617. The van der Waals surface area contributed by atoms with E-state index >= 15 is 0 Å². The molecule has 1 aromatic rings. The number of carbonyl (C=O) groups is 2. The number of aliphatic carboxylic acids is 1. The first kappa shape index (κ1) is 13.2. The van der Waals surface area contributed by atoms with Gasteiger partial charge in [0, 0.05) is 30.0 Å². The second-order valence-corrected chi connectivity index (χ2v) is 5.92. The van der Waals surface area contributed by atoms with Gasteiger partial charge in [-0.1, -0.05) is 11.6 Å². The SMILES string of the molecule is CN1C(=O)[C@@H](C(=O)O)[C@H]2C[C@@]1(C)Oc1ccc(Cl)cc12. The van der Waals surface area contributed by atoms with Gasteiger partial charge < -0.3 is 14.7 Å². The van der Waals surface area contributed by atoms with Crippen molar-refractivity contribution in [2.75, 3.05) is 7.05 Å². The van der Waals surface area contributed by atoms with E-state index in [1.54, 1.807) is 32.2 Å². The highest BCUT2D eigenvalue weighted by Gasteiger charge is 2.55. The smallest absolute Gasteiger partial charge is 0.316 e.